The molecule has 0 atom stereocenters. The predicted octanol–water partition coefficient (Wildman–Crippen LogP) is 1.06. The van der Waals surface area contributed by atoms with Gasteiger partial charge in [-0.2, -0.15) is 22.6 Å². The Balaban J connectivity index is 3.17. The van der Waals surface area contributed by atoms with Crippen LogP contribution in [-0.4, -0.2) is 41.8 Å². The molecule has 1 aromatic rings. The zero-order valence-corrected chi connectivity index (χ0v) is 11.3. The number of rotatable bonds is 5. The number of aryl methyl sites for hydroxylation is 1. The van der Waals surface area contributed by atoms with E-state index in [0.29, 0.717) is 10.8 Å². The van der Waals surface area contributed by atoms with Gasteiger partial charge in [0.1, 0.15) is 11.4 Å². The molecule has 1 aromatic heterocycles. The lowest BCUT2D eigenvalue weighted by atomic mass is 10.6. The van der Waals surface area contributed by atoms with E-state index in [1.54, 1.807) is 6.92 Å². The van der Waals surface area contributed by atoms with Gasteiger partial charge >= 0.3 is 6.18 Å². The molecule has 0 radical (unpaired) electrons. The van der Waals surface area contributed by atoms with Gasteiger partial charge in [-0.25, -0.2) is 8.42 Å². The van der Waals surface area contributed by atoms with Gasteiger partial charge in [-0.15, -0.1) is 0 Å². The monoisotopic (exact) mass is 300 g/mol. The van der Waals surface area contributed by atoms with Crippen LogP contribution in [0.15, 0.2) is 11.1 Å². The average molecular weight is 300 g/mol. The number of nitrogens with two attached hydrogens (primary N) is 1. The highest BCUT2D eigenvalue weighted by Crippen LogP contribution is 2.25. The van der Waals surface area contributed by atoms with Gasteiger partial charge in [-0.1, -0.05) is 6.92 Å². The molecule has 0 fully saturated rings. The van der Waals surface area contributed by atoms with E-state index in [1.807, 2.05) is 0 Å². The molecule has 1 heterocycles. The van der Waals surface area contributed by atoms with Gasteiger partial charge in [0.15, 0.2) is 5.82 Å². The van der Waals surface area contributed by atoms with E-state index in [4.69, 9.17) is 5.73 Å². The fourth-order valence-electron chi connectivity index (χ4n) is 1.48. The normalized spacial score (nSPS) is 13.2. The number of aromatic nitrogens is 2. The molecule has 110 valence electrons. The van der Waals surface area contributed by atoms with Crippen LogP contribution in [-0.2, 0) is 16.6 Å². The lowest BCUT2D eigenvalue weighted by molar-refractivity contribution is -0.135. The van der Waals surface area contributed by atoms with Gasteiger partial charge in [-0.05, 0) is 6.92 Å². The van der Waals surface area contributed by atoms with Gasteiger partial charge in [0.25, 0.3) is 0 Å². The summed E-state index contributed by atoms with van der Waals surface area (Å²) in [5.74, 6) is -0.303. The Morgan fingerprint density at radius 2 is 2.00 bits per heavy atom. The first-order chi connectivity index (χ1) is 8.61. The van der Waals surface area contributed by atoms with Crippen molar-refractivity contribution in [1.29, 1.82) is 0 Å². The number of sulfonamides is 1. The summed E-state index contributed by atoms with van der Waals surface area (Å²) in [6.07, 6.45) is -3.48. The van der Waals surface area contributed by atoms with Crippen molar-refractivity contribution in [2.24, 2.45) is 0 Å². The van der Waals surface area contributed by atoms with Crippen LogP contribution in [0.4, 0.5) is 19.0 Å². The molecule has 0 amide bonds. The fraction of sp³-hybridized carbons (Fsp3) is 0.667. The number of nitrogen functional groups attached to an aromatic ring is 1. The Labute approximate surface area is 109 Å². The topological polar surface area (TPSA) is 81.2 Å². The van der Waals surface area contributed by atoms with Crippen molar-refractivity contribution in [2.75, 3.05) is 18.8 Å². The van der Waals surface area contributed by atoms with Crippen LogP contribution >= 0.6 is 0 Å². The molecule has 0 aliphatic heterocycles. The summed E-state index contributed by atoms with van der Waals surface area (Å²) in [5, 5.41) is 3.72. The highest BCUT2D eigenvalue weighted by molar-refractivity contribution is 7.89. The number of anilines is 1. The second kappa shape index (κ2) is 5.37. The zero-order chi connectivity index (χ0) is 14.8. The number of halogens is 3. The Kier molecular flexibility index (Phi) is 4.46. The van der Waals surface area contributed by atoms with Crippen molar-refractivity contribution < 1.29 is 21.6 Å². The number of alkyl halides is 3. The quantitative estimate of drug-likeness (QED) is 0.881. The maximum absolute atomic E-state index is 12.4. The number of nitrogens with zero attached hydrogens (tertiary/aromatic N) is 3. The Bertz CT molecular complexity index is 538. The van der Waals surface area contributed by atoms with Gasteiger partial charge in [-0.3, -0.25) is 4.68 Å². The molecular formula is C9H15F3N4O2S. The molecule has 0 unspecified atom stereocenters. The van der Waals surface area contributed by atoms with Gasteiger partial charge in [0, 0.05) is 19.3 Å². The first kappa shape index (κ1) is 15.8. The van der Waals surface area contributed by atoms with Crippen molar-refractivity contribution in [3.63, 3.8) is 0 Å². The van der Waals surface area contributed by atoms with Gasteiger partial charge < -0.3 is 5.73 Å². The van der Waals surface area contributed by atoms with Crippen molar-refractivity contribution in [3.05, 3.63) is 6.20 Å². The number of hydrogen-bond donors (Lipinski definition) is 1. The average Bonchev–Trinajstić information content (AvgIpc) is 2.66. The molecule has 19 heavy (non-hydrogen) atoms. The molecule has 2 N–H and O–H groups in total. The molecule has 0 aliphatic rings. The summed E-state index contributed by atoms with van der Waals surface area (Å²) in [4.78, 5) is -0.402. The zero-order valence-electron chi connectivity index (χ0n) is 10.5. The lowest BCUT2D eigenvalue weighted by Crippen LogP contribution is -2.38. The van der Waals surface area contributed by atoms with E-state index in [0.717, 1.165) is 6.20 Å². The van der Waals surface area contributed by atoms with Crippen LogP contribution in [0.5, 0.6) is 0 Å². The minimum absolute atomic E-state index is 0.303. The first-order valence-electron chi connectivity index (χ1n) is 5.51. The first-order valence-corrected chi connectivity index (χ1v) is 6.95. The fourth-order valence-corrected chi connectivity index (χ4v) is 2.98. The summed E-state index contributed by atoms with van der Waals surface area (Å²) < 4.78 is 62.8. The second-order valence-electron chi connectivity index (χ2n) is 3.78. The largest absolute Gasteiger partial charge is 0.402 e. The minimum atomic E-state index is -4.61. The minimum Gasteiger partial charge on any atom is -0.381 e. The highest BCUT2D eigenvalue weighted by atomic mass is 32.2. The Hall–Kier alpha value is -1.29. The highest BCUT2D eigenvalue weighted by Gasteiger charge is 2.37. The smallest absolute Gasteiger partial charge is 0.381 e. The van der Waals surface area contributed by atoms with Crippen molar-refractivity contribution in [2.45, 2.75) is 31.5 Å². The van der Waals surface area contributed by atoms with Crippen molar-refractivity contribution in [1.82, 2.24) is 14.1 Å². The molecule has 0 saturated heterocycles. The summed E-state index contributed by atoms with van der Waals surface area (Å²) in [7, 11) is -4.30. The molecule has 0 bridgehead atoms. The third-order valence-electron chi connectivity index (χ3n) is 2.41. The second-order valence-corrected chi connectivity index (χ2v) is 5.69. The predicted molar refractivity (Wildman–Crippen MR) is 62.8 cm³/mol. The standard InChI is InChI=1S/C9H15F3N4O2S/c1-3-15-5-7(8(13)14-15)19(17,18)16(4-2)6-9(10,11)12/h5H,3-4,6H2,1-2H3,(H2,13,14). The van der Waals surface area contributed by atoms with E-state index >= 15 is 0 Å². The lowest BCUT2D eigenvalue weighted by Gasteiger charge is -2.21. The number of hydrogen-bond acceptors (Lipinski definition) is 4. The summed E-state index contributed by atoms with van der Waals surface area (Å²) in [6.45, 7) is 1.53. The molecule has 1 rings (SSSR count). The van der Waals surface area contributed by atoms with Crippen LogP contribution < -0.4 is 5.73 Å². The molecule has 6 nitrogen and oxygen atoms in total. The third-order valence-corrected chi connectivity index (χ3v) is 4.34. The maximum Gasteiger partial charge on any atom is 0.402 e. The molecule has 10 heteroatoms. The summed E-state index contributed by atoms with van der Waals surface area (Å²) >= 11 is 0. The van der Waals surface area contributed by atoms with Crippen LogP contribution in [0.1, 0.15) is 13.8 Å². The van der Waals surface area contributed by atoms with Crippen LogP contribution in [0, 0.1) is 0 Å². The van der Waals surface area contributed by atoms with E-state index < -0.39 is 27.6 Å². The molecule has 0 spiro atoms. The van der Waals surface area contributed by atoms with Gasteiger partial charge in [0.2, 0.25) is 10.0 Å². The molecule has 0 aliphatic carbocycles. The molecule has 0 saturated carbocycles. The maximum atomic E-state index is 12.4. The Morgan fingerprint density at radius 3 is 2.37 bits per heavy atom. The van der Waals surface area contributed by atoms with E-state index in [-0.39, 0.29) is 12.4 Å². The van der Waals surface area contributed by atoms with E-state index in [1.165, 1.54) is 11.6 Å². The van der Waals surface area contributed by atoms with Crippen LogP contribution in [0.3, 0.4) is 0 Å². The molecule has 0 aromatic carbocycles. The van der Waals surface area contributed by atoms with Crippen molar-refractivity contribution in [3.8, 4) is 0 Å². The van der Waals surface area contributed by atoms with Crippen LogP contribution in [0.25, 0.3) is 0 Å². The van der Waals surface area contributed by atoms with Crippen molar-refractivity contribution >= 4 is 15.8 Å². The van der Waals surface area contributed by atoms with E-state index in [9.17, 15) is 21.6 Å². The Morgan fingerprint density at radius 1 is 1.42 bits per heavy atom. The van der Waals surface area contributed by atoms with Crippen LogP contribution in [0.2, 0.25) is 0 Å². The van der Waals surface area contributed by atoms with E-state index in [2.05, 4.69) is 5.10 Å². The third kappa shape index (κ3) is 3.60. The SMILES string of the molecule is CCN(CC(F)(F)F)S(=O)(=O)c1cn(CC)nc1N. The summed E-state index contributed by atoms with van der Waals surface area (Å²) in [6, 6.07) is 0. The summed E-state index contributed by atoms with van der Waals surface area (Å²) in [5.41, 5.74) is 5.44. The molecular weight excluding hydrogens is 285 g/mol. The van der Waals surface area contributed by atoms with Gasteiger partial charge in [0.05, 0.1) is 0 Å².